The van der Waals surface area contributed by atoms with E-state index in [-0.39, 0.29) is 5.75 Å². The molecule has 0 saturated carbocycles. The van der Waals surface area contributed by atoms with Crippen LogP contribution in [0.15, 0.2) is 60.7 Å². The van der Waals surface area contributed by atoms with E-state index in [0.717, 1.165) is 5.56 Å². The lowest BCUT2D eigenvalue weighted by atomic mass is 10.2. The van der Waals surface area contributed by atoms with Gasteiger partial charge in [0.2, 0.25) is 0 Å². The van der Waals surface area contributed by atoms with Crippen molar-refractivity contribution >= 4 is 18.3 Å². The minimum absolute atomic E-state index is 0.264. The Morgan fingerprint density at radius 2 is 1.63 bits per heavy atom. The zero-order valence-corrected chi connectivity index (χ0v) is 10.2. The highest BCUT2D eigenvalue weighted by Gasteiger charge is 2.05. The molecule has 2 rings (SSSR count). The Bertz CT molecular complexity index is 600. The van der Waals surface area contributed by atoms with E-state index in [0.29, 0.717) is 11.8 Å². The third kappa shape index (κ3) is 3.64. The lowest BCUT2D eigenvalue weighted by molar-refractivity contribution is -0.128. The maximum atomic E-state index is 11.6. The minimum Gasteiger partial charge on any atom is -0.423 e. The summed E-state index contributed by atoms with van der Waals surface area (Å²) in [5.74, 6) is -0.252. The Hall–Kier alpha value is -2.68. The summed E-state index contributed by atoms with van der Waals surface area (Å²) in [7, 11) is 0. The van der Waals surface area contributed by atoms with Crippen LogP contribution in [0.25, 0.3) is 6.08 Å². The van der Waals surface area contributed by atoms with Crippen molar-refractivity contribution in [2.45, 2.75) is 0 Å². The summed E-state index contributed by atoms with van der Waals surface area (Å²) in [6.07, 6.45) is 3.65. The molecule has 0 fully saturated rings. The molecule has 0 saturated heterocycles. The first-order valence-electron chi connectivity index (χ1n) is 5.79. The number of hydrogen-bond donors (Lipinski definition) is 0. The molecule has 0 heterocycles. The maximum absolute atomic E-state index is 11.6. The van der Waals surface area contributed by atoms with Crippen LogP contribution < -0.4 is 4.74 Å². The third-order valence-electron chi connectivity index (χ3n) is 2.47. The maximum Gasteiger partial charge on any atom is 0.336 e. The van der Waals surface area contributed by atoms with E-state index in [1.54, 1.807) is 30.3 Å². The van der Waals surface area contributed by atoms with E-state index >= 15 is 0 Å². The molecule has 19 heavy (non-hydrogen) atoms. The van der Waals surface area contributed by atoms with Gasteiger partial charge >= 0.3 is 5.97 Å². The summed E-state index contributed by atoms with van der Waals surface area (Å²) >= 11 is 0. The number of carbonyl (C=O) groups is 2. The zero-order chi connectivity index (χ0) is 13.5. The van der Waals surface area contributed by atoms with Crippen LogP contribution in [0, 0.1) is 0 Å². The quantitative estimate of drug-likeness (QED) is 0.363. The molecule has 0 aliphatic carbocycles. The van der Waals surface area contributed by atoms with Gasteiger partial charge in [0.05, 0.1) is 5.56 Å². The summed E-state index contributed by atoms with van der Waals surface area (Å²) in [5, 5.41) is 0. The monoisotopic (exact) mass is 252 g/mol. The summed E-state index contributed by atoms with van der Waals surface area (Å²) in [5.41, 5.74) is 1.26. The van der Waals surface area contributed by atoms with Crippen LogP contribution in [0.4, 0.5) is 0 Å². The third-order valence-corrected chi connectivity index (χ3v) is 2.47. The number of esters is 1. The van der Waals surface area contributed by atoms with Crippen molar-refractivity contribution in [3.63, 3.8) is 0 Å². The number of rotatable bonds is 4. The van der Waals surface area contributed by atoms with Crippen molar-refractivity contribution in [2.75, 3.05) is 0 Å². The largest absolute Gasteiger partial charge is 0.423 e. The molecule has 2 aromatic carbocycles. The van der Waals surface area contributed by atoms with E-state index in [2.05, 4.69) is 0 Å². The number of ether oxygens (including phenoxy) is 1. The fourth-order valence-corrected chi connectivity index (χ4v) is 1.54. The standard InChI is InChI=1S/C16H12O3/c17-12-14-8-4-5-9-15(14)19-16(18)11-10-13-6-2-1-3-7-13/h1-12H/b11-10+. The van der Waals surface area contributed by atoms with Crippen molar-refractivity contribution in [3.05, 3.63) is 71.8 Å². The highest BCUT2D eigenvalue weighted by Crippen LogP contribution is 2.16. The average Bonchev–Trinajstić information content (AvgIpc) is 2.47. The Kier molecular flexibility index (Phi) is 4.24. The van der Waals surface area contributed by atoms with E-state index in [1.165, 1.54) is 6.08 Å². The first-order valence-corrected chi connectivity index (χ1v) is 5.79. The zero-order valence-electron chi connectivity index (χ0n) is 10.2. The summed E-state index contributed by atoms with van der Waals surface area (Å²) in [6.45, 7) is 0. The van der Waals surface area contributed by atoms with Gasteiger partial charge in [0.25, 0.3) is 0 Å². The van der Waals surface area contributed by atoms with Crippen LogP contribution >= 0.6 is 0 Å². The smallest absolute Gasteiger partial charge is 0.336 e. The molecular weight excluding hydrogens is 240 g/mol. The van der Waals surface area contributed by atoms with Gasteiger partial charge in [0.1, 0.15) is 5.75 Å². The number of benzene rings is 2. The van der Waals surface area contributed by atoms with Gasteiger partial charge in [0.15, 0.2) is 6.29 Å². The molecule has 0 spiro atoms. The number of para-hydroxylation sites is 1. The van der Waals surface area contributed by atoms with Crippen molar-refractivity contribution < 1.29 is 14.3 Å². The van der Waals surface area contributed by atoms with Gasteiger partial charge in [-0.1, -0.05) is 42.5 Å². The second kappa shape index (κ2) is 6.31. The Balaban J connectivity index is 2.06. The SMILES string of the molecule is O=Cc1ccccc1OC(=O)/C=C/c1ccccc1. The second-order valence-corrected chi connectivity index (χ2v) is 3.82. The van der Waals surface area contributed by atoms with Crippen LogP contribution in [0.2, 0.25) is 0 Å². The van der Waals surface area contributed by atoms with E-state index in [4.69, 9.17) is 4.74 Å². The number of hydrogen-bond acceptors (Lipinski definition) is 3. The van der Waals surface area contributed by atoms with Crippen molar-refractivity contribution in [3.8, 4) is 5.75 Å². The molecule has 0 amide bonds. The van der Waals surface area contributed by atoms with Gasteiger partial charge in [-0.3, -0.25) is 4.79 Å². The van der Waals surface area contributed by atoms with Crippen LogP contribution in [-0.2, 0) is 4.79 Å². The van der Waals surface area contributed by atoms with E-state index < -0.39 is 5.97 Å². The predicted molar refractivity (Wildman–Crippen MR) is 72.9 cm³/mol. The molecule has 2 aromatic rings. The number of carbonyl (C=O) groups excluding carboxylic acids is 2. The summed E-state index contributed by atoms with van der Waals surface area (Å²) in [6, 6.07) is 16.0. The molecule has 3 nitrogen and oxygen atoms in total. The van der Waals surface area contributed by atoms with Gasteiger partial charge in [-0.15, -0.1) is 0 Å². The van der Waals surface area contributed by atoms with Gasteiger partial charge in [-0.2, -0.15) is 0 Å². The van der Waals surface area contributed by atoms with Gasteiger partial charge in [-0.05, 0) is 23.8 Å². The highest BCUT2D eigenvalue weighted by atomic mass is 16.5. The normalized spacial score (nSPS) is 10.3. The lowest BCUT2D eigenvalue weighted by Crippen LogP contribution is -2.05. The fraction of sp³-hybridized carbons (Fsp3) is 0. The first-order chi connectivity index (χ1) is 9.29. The Labute approximate surface area is 111 Å². The Morgan fingerprint density at radius 3 is 2.37 bits per heavy atom. The second-order valence-electron chi connectivity index (χ2n) is 3.82. The van der Waals surface area contributed by atoms with Gasteiger partial charge in [0, 0.05) is 6.08 Å². The van der Waals surface area contributed by atoms with Crippen molar-refractivity contribution in [2.24, 2.45) is 0 Å². The topological polar surface area (TPSA) is 43.4 Å². The lowest BCUT2D eigenvalue weighted by Gasteiger charge is -2.03. The molecule has 0 aromatic heterocycles. The molecule has 94 valence electrons. The molecule has 0 N–H and O–H groups in total. The van der Waals surface area contributed by atoms with Gasteiger partial charge < -0.3 is 4.74 Å². The average molecular weight is 252 g/mol. The molecule has 0 atom stereocenters. The Morgan fingerprint density at radius 1 is 0.947 bits per heavy atom. The molecular formula is C16H12O3. The fourth-order valence-electron chi connectivity index (χ4n) is 1.54. The minimum atomic E-state index is -0.516. The molecule has 0 aliphatic rings. The van der Waals surface area contributed by atoms with Crippen molar-refractivity contribution in [1.29, 1.82) is 0 Å². The van der Waals surface area contributed by atoms with E-state index in [1.807, 2.05) is 30.3 Å². The molecule has 0 aliphatic heterocycles. The highest BCUT2D eigenvalue weighted by molar-refractivity contribution is 5.90. The van der Waals surface area contributed by atoms with Crippen LogP contribution in [-0.4, -0.2) is 12.3 Å². The molecule has 0 radical (unpaired) electrons. The summed E-state index contributed by atoms with van der Waals surface area (Å²) < 4.78 is 5.10. The number of aldehydes is 1. The van der Waals surface area contributed by atoms with E-state index in [9.17, 15) is 9.59 Å². The van der Waals surface area contributed by atoms with Crippen molar-refractivity contribution in [1.82, 2.24) is 0 Å². The van der Waals surface area contributed by atoms with Gasteiger partial charge in [-0.25, -0.2) is 4.79 Å². The van der Waals surface area contributed by atoms with Crippen LogP contribution in [0.1, 0.15) is 15.9 Å². The molecule has 3 heteroatoms. The van der Waals surface area contributed by atoms with Crippen LogP contribution in [0.3, 0.4) is 0 Å². The molecule has 0 bridgehead atoms. The molecule has 0 unspecified atom stereocenters. The first kappa shape index (κ1) is 12.8. The summed E-state index contributed by atoms with van der Waals surface area (Å²) in [4.78, 5) is 22.4. The van der Waals surface area contributed by atoms with Crippen LogP contribution in [0.5, 0.6) is 5.75 Å². The predicted octanol–water partition coefficient (Wildman–Crippen LogP) is 3.12.